The first-order valence-electron chi connectivity index (χ1n) is 4.62. The van der Waals surface area contributed by atoms with Crippen LogP contribution in [0.4, 0.5) is 11.1 Å². The number of aryl methyl sites for hydroxylation is 1. The highest BCUT2D eigenvalue weighted by Gasteiger charge is 2.08. The molecule has 16 heavy (non-hydrogen) atoms. The van der Waals surface area contributed by atoms with Gasteiger partial charge in [-0.2, -0.15) is 9.36 Å². The van der Waals surface area contributed by atoms with Crippen LogP contribution >= 0.6 is 11.5 Å². The summed E-state index contributed by atoms with van der Waals surface area (Å²) in [7, 11) is 0. The maximum Gasteiger partial charge on any atom is 0.258 e. The van der Waals surface area contributed by atoms with Gasteiger partial charge in [-0.15, -0.1) is 0 Å². The van der Waals surface area contributed by atoms with Gasteiger partial charge >= 0.3 is 0 Å². The summed E-state index contributed by atoms with van der Waals surface area (Å²) in [6.07, 6.45) is 0. The number of carbonyl (C=O) groups excluding carboxylic acids is 1. The molecule has 3 N–H and O–H groups in total. The van der Waals surface area contributed by atoms with Gasteiger partial charge in [-0.05, 0) is 19.1 Å². The van der Waals surface area contributed by atoms with Crippen LogP contribution in [0.25, 0.3) is 0 Å². The zero-order valence-corrected chi connectivity index (χ0v) is 9.41. The summed E-state index contributed by atoms with van der Waals surface area (Å²) in [6, 6.07) is 7.25. The molecule has 0 fully saturated rings. The summed E-state index contributed by atoms with van der Waals surface area (Å²) < 4.78 is 3.87. The van der Waals surface area contributed by atoms with Crippen LogP contribution in [0.3, 0.4) is 0 Å². The van der Waals surface area contributed by atoms with Crippen LogP contribution in [0.1, 0.15) is 15.9 Å². The van der Waals surface area contributed by atoms with Gasteiger partial charge in [-0.25, -0.2) is 0 Å². The van der Waals surface area contributed by atoms with Crippen molar-refractivity contribution in [3.05, 3.63) is 35.4 Å². The van der Waals surface area contributed by atoms with E-state index in [0.717, 1.165) is 17.1 Å². The molecule has 0 unspecified atom stereocenters. The minimum absolute atomic E-state index is 0.238. The summed E-state index contributed by atoms with van der Waals surface area (Å²) >= 11 is 1.05. The predicted molar refractivity (Wildman–Crippen MR) is 63.5 cm³/mol. The Hall–Kier alpha value is -1.95. The summed E-state index contributed by atoms with van der Waals surface area (Å²) in [5, 5.41) is 2.90. The first-order valence-corrected chi connectivity index (χ1v) is 5.40. The van der Waals surface area contributed by atoms with E-state index in [0.29, 0.717) is 10.7 Å². The third-order valence-corrected chi connectivity index (χ3v) is 2.52. The van der Waals surface area contributed by atoms with Crippen LogP contribution in [0.5, 0.6) is 0 Å². The molecule has 0 aliphatic heterocycles. The van der Waals surface area contributed by atoms with E-state index in [-0.39, 0.29) is 11.9 Å². The summed E-state index contributed by atoms with van der Waals surface area (Å²) in [5.41, 5.74) is 7.08. The molecule has 1 heterocycles. The largest absolute Gasteiger partial charge is 0.374 e. The zero-order chi connectivity index (χ0) is 11.5. The summed E-state index contributed by atoms with van der Waals surface area (Å²) in [5.74, 6) is 0.00544. The maximum absolute atomic E-state index is 11.7. The van der Waals surface area contributed by atoms with Crippen molar-refractivity contribution in [2.24, 2.45) is 0 Å². The number of amides is 1. The van der Waals surface area contributed by atoms with Gasteiger partial charge < -0.3 is 5.73 Å². The number of carbonyl (C=O) groups is 1. The van der Waals surface area contributed by atoms with Gasteiger partial charge in [0.25, 0.3) is 5.91 Å². The highest BCUT2D eigenvalue weighted by atomic mass is 32.1. The second-order valence-corrected chi connectivity index (χ2v) is 4.06. The van der Waals surface area contributed by atoms with Gasteiger partial charge in [0.15, 0.2) is 0 Å². The molecule has 0 aliphatic carbocycles. The monoisotopic (exact) mass is 234 g/mol. The highest BCUT2D eigenvalue weighted by Crippen LogP contribution is 2.11. The van der Waals surface area contributed by atoms with Crippen LogP contribution in [0, 0.1) is 6.92 Å². The lowest BCUT2D eigenvalue weighted by molar-refractivity contribution is 0.102. The number of benzene rings is 1. The van der Waals surface area contributed by atoms with Gasteiger partial charge in [-0.1, -0.05) is 17.7 Å². The molecular weight excluding hydrogens is 224 g/mol. The van der Waals surface area contributed by atoms with E-state index in [1.54, 1.807) is 12.1 Å². The van der Waals surface area contributed by atoms with Crippen LogP contribution < -0.4 is 11.1 Å². The number of hydrogen-bond acceptors (Lipinski definition) is 5. The summed E-state index contributed by atoms with van der Waals surface area (Å²) in [6.45, 7) is 1.96. The Morgan fingerprint density at radius 3 is 2.62 bits per heavy atom. The number of rotatable bonds is 2. The maximum atomic E-state index is 11.7. The van der Waals surface area contributed by atoms with Crippen LogP contribution in [0.15, 0.2) is 24.3 Å². The van der Waals surface area contributed by atoms with E-state index in [1.165, 1.54) is 0 Å². The van der Waals surface area contributed by atoms with Crippen LogP contribution in [-0.2, 0) is 0 Å². The number of aromatic nitrogens is 2. The number of nitrogens with two attached hydrogens (primary N) is 1. The molecule has 2 aromatic rings. The molecular formula is C10H10N4OS. The molecule has 0 bridgehead atoms. The van der Waals surface area contributed by atoms with Gasteiger partial charge in [0.2, 0.25) is 11.1 Å². The van der Waals surface area contributed by atoms with Gasteiger partial charge in [0, 0.05) is 17.1 Å². The van der Waals surface area contributed by atoms with Crippen LogP contribution in [-0.4, -0.2) is 15.3 Å². The van der Waals surface area contributed by atoms with Crippen molar-refractivity contribution in [3.63, 3.8) is 0 Å². The molecule has 0 spiro atoms. The number of nitrogens with one attached hydrogen (secondary N) is 1. The van der Waals surface area contributed by atoms with Crippen molar-refractivity contribution in [2.75, 3.05) is 11.1 Å². The SMILES string of the molecule is Cc1ccc(C(=O)Nc2nsc(N)n2)cc1. The Balaban J connectivity index is 2.11. The van der Waals surface area contributed by atoms with E-state index in [9.17, 15) is 4.79 Å². The lowest BCUT2D eigenvalue weighted by Crippen LogP contribution is -2.12. The number of anilines is 2. The topological polar surface area (TPSA) is 80.9 Å². The summed E-state index contributed by atoms with van der Waals surface area (Å²) in [4.78, 5) is 15.6. The second-order valence-electron chi connectivity index (χ2n) is 3.28. The third-order valence-electron chi connectivity index (χ3n) is 1.98. The third kappa shape index (κ3) is 2.34. The first kappa shape index (κ1) is 10.6. The van der Waals surface area contributed by atoms with Gasteiger partial charge in [0.1, 0.15) is 0 Å². The molecule has 82 valence electrons. The number of hydrogen-bond donors (Lipinski definition) is 2. The zero-order valence-electron chi connectivity index (χ0n) is 8.60. The number of nitrogen functional groups attached to an aromatic ring is 1. The van der Waals surface area contributed by atoms with Crippen molar-refractivity contribution in [1.29, 1.82) is 0 Å². The molecule has 5 nitrogen and oxygen atoms in total. The minimum atomic E-state index is -0.238. The molecule has 0 saturated carbocycles. The molecule has 0 atom stereocenters. The van der Waals surface area contributed by atoms with Crippen LogP contribution in [0.2, 0.25) is 0 Å². The lowest BCUT2D eigenvalue weighted by Gasteiger charge is -2.00. The molecule has 1 aromatic heterocycles. The van der Waals surface area contributed by atoms with Crippen molar-refractivity contribution in [2.45, 2.75) is 6.92 Å². The first-order chi connectivity index (χ1) is 7.65. The van der Waals surface area contributed by atoms with Crippen molar-refractivity contribution < 1.29 is 4.79 Å². The number of nitrogens with zero attached hydrogens (tertiary/aromatic N) is 2. The van der Waals surface area contributed by atoms with Crippen molar-refractivity contribution >= 4 is 28.5 Å². The molecule has 0 aliphatic rings. The predicted octanol–water partition coefficient (Wildman–Crippen LogP) is 1.68. The fraction of sp³-hybridized carbons (Fsp3) is 0.100. The second kappa shape index (κ2) is 4.28. The molecule has 1 aromatic carbocycles. The average Bonchev–Trinajstić information content (AvgIpc) is 2.65. The fourth-order valence-corrected chi connectivity index (χ4v) is 1.56. The van der Waals surface area contributed by atoms with Crippen molar-refractivity contribution in [3.8, 4) is 0 Å². The molecule has 2 rings (SSSR count). The molecule has 0 radical (unpaired) electrons. The molecule has 0 saturated heterocycles. The van der Waals surface area contributed by atoms with E-state index < -0.39 is 0 Å². The molecule has 1 amide bonds. The van der Waals surface area contributed by atoms with Gasteiger partial charge in [0.05, 0.1) is 0 Å². The Labute approximate surface area is 96.5 Å². The Kier molecular flexibility index (Phi) is 2.82. The van der Waals surface area contributed by atoms with Gasteiger partial charge in [-0.3, -0.25) is 10.1 Å². The van der Waals surface area contributed by atoms with Crippen molar-refractivity contribution in [1.82, 2.24) is 9.36 Å². The minimum Gasteiger partial charge on any atom is -0.374 e. The average molecular weight is 234 g/mol. The fourth-order valence-electron chi connectivity index (χ4n) is 1.16. The lowest BCUT2D eigenvalue weighted by atomic mass is 10.1. The Bertz CT molecular complexity index is 506. The van der Waals surface area contributed by atoms with E-state index in [2.05, 4.69) is 14.7 Å². The quantitative estimate of drug-likeness (QED) is 0.828. The highest BCUT2D eigenvalue weighted by molar-refractivity contribution is 7.09. The smallest absolute Gasteiger partial charge is 0.258 e. The van der Waals surface area contributed by atoms with E-state index in [4.69, 9.17) is 5.73 Å². The standard InChI is InChI=1S/C10H10N4OS/c1-6-2-4-7(5-3-6)8(15)12-10-13-9(11)16-14-10/h2-5H,1H3,(H3,11,12,13,14,15). The Morgan fingerprint density at radius 2 is 2.06 bits per heavy atom. The normalized spacial score (nSPS) is 10.1. The molecule has 6 heteroatoms. The Morgan fingerprint density at radius 1 is 1.38 bits per heavy atom. The van der Waals surface area contributed by atoms with E-state index in [1.807, 2.05) is 19.1 Å². The van der Waals surface area contributed by atoms with E-state index >= 15 is 0 Å².